The van der Waals surface area contributed by atoms with Gasteiger partial charge in [-0.2, -0.15) is 0 Å². The third-order valence-corrected chi connectivity index (χ3v) is 6.66. The molecule has 3 aromatic rings. The van der Waals surface area contributed by atoms with Gasteiger partial charge in [0.25, 0.3) is 0 Å². The molecule has 0 radical (unpaired) electrons. The van der Waals surface area contributed by atoms with Crippen molar-refractivity contribution in [1.29, 1.82) is 0 Å². The maximum absolute atomic E-state index is 13.1. The van der Waals surface area contributed by atoms with Crippen LogP contribution < -0.4 is 16.4 Å². The summed E-state index contributed by atoms with van der Waals surface area (Å²) in [6.45, 7) is 4.43. The number of carbonyl (C=O) groups is 2. The number of rotatable bonds is 9. The van der Waals surface area contributed by atoms with Gasteiger partial charge in [-0.1, -0.05) is 60.7 Å². The molecule has 1 aliphatic heterocycles. The van der Waals surface area contributed by atoms with Crippen molar-refractivity contribution in [2.24, 2.45) is 5.73 Å². The Morgan fingerprint density at radius 3 is 2.42 bits per heavy atom. The number of aromatic nitrogens is 3. The molecule has 0 saturated heterocycles. The Morgan fingerprint density at radius 2 is 1.78 bits per heavy atom. The van der Waals surface area contributed by atoms with Gasteiger partial charge in [-0.05, 0) is 31.4 Å². The van der Waals surface area contributed by atoms with E-state index in [1.54, 1.807) is 20.9 Å². The molecule has 9 heteroatoms. The third kappa shape index (κ3) is 5.32. The first kappa shape index (κ1) is 25.5. The molecule has 1 unspecified atom stereocenters. The highest BCUT2D eigenvalue weighted by Gasteiger charge is 2.44. The highest BCUT2D eigenvalue weighted by molar-refractivity contribution is 5.88. The normalized spacial score (nSPS) is 18.2. The highest BCUT2D eigenvalue weighted by Crippen LogP contribution is 2.37. The lowest BCUT2D eigenvalue weighted by atomic mass is 9.72. The van der Waals surface area contributed by atoms with Gasteiger partial charge >= 0.3 is 0 Å². The third-order valence-electron chi connectivity index (χ3n) is 6.66. The topological polar surface area (TPSA) is 124 Å². The maximum Gasteiger partial charge on any atom is 0.240 e. The van der Waals surface area contributed by atoms with Crippen molar-refractivity contribution < 1.29 is 14.3 Å². The number of likely N-dealkylation sites (N-methyl/N-ethyl adjacent to an activating group) is 1. The largest absolute Gasteiger partial charge is 0.374 e. The molecule has 0 spiro atoms. The fourth-order valence-electron chi connectivity index (χ4n) is 4.60. The lowest BCUT2D eigenvalue weighted by Gasteiger charge is -2.36. The van der Waals surface area contributed by atoms with E-state index in [0.717, 1.165) is 11.1 Å². The van der Waals surface area contributed by atoms with Gasteiger partial charge in [-0.3, -0.25) is 9.59 Å². The van der Waals surface area contributed by atoms with Crippen LogP contribution in [0.15, 0.2) is 60.7 Å². The van der Waals surface area contributed by atoms with E-state index in [1.807, 2.05) is 65.2 Å². The van der Waals surface area contributed by atoms with Crippen molar-refractivity contribution in [3.63, 3.8) is 0 Å². The number of nitrogens with zero attached hydrogens (tertiary/aromatic N) is 3. The van der Waals surface area contributed by atoms with Gasteiger partial charge in [-0.25, -0.2) is 0 Å². The Hall–Kier alpha value is -3.56. The van der Waals surface area contributed by atoms with Crippen LogP contribution in [-0.2, 0) is 39.3 Å². The average Bonchev–Trinajstić information content (AvgIpc) is 3.31. The van der Waals surface area contributed by atoms with Crippen LogP contribution in [0.3, 0.4) is 0 Å². The second-order valence-corrected chi connectivity index (χ2v) is 9.83. The second-order valence-electron chi connectivity index (χ2n) is 9.83. The lowest BCUT2D eigenvalue weighted by molar-refractivity contribution is -0.127. The van der Waals surface area contributed by atoms with Gasteiger partial charge in [0.2, 0.25) is 11.8 Å². The number of ether oxygens (including phenoxy) is 1. The molecule has 36 heavy (non-hydrogen) atoms. The van der Waals surface area contributed by atoms with E-state index in [1.165, 1.54) is 0 Å². The summed E-state index contributed by atoms with van der Waals surface area (Å²) in [4.78, 5) is 25.9. The minimum atomic E-state index is -1.07. The minimum absolute atomic E-state index is 0.0505. The summed E-state index contributed by atoms with van der Waals surface area (Å²) >= 11 is 0. The molecule has 4 N–H and O–H groups in total. The summed E-state index contributed by atoms with van der Waals surface area (Å²) in [5.74, 6) is 0.922. The summed E-state index contributed by atoms with van der Waals surface area (Å²) in [5.41, 5.74) is 6.22. The first-order valence-electron chi connectivity index (χ1n) is 12.2. The monoisotopic (exact) mass is 490 g/mol. The molecule has 0 bridgehead atoms. The summed E-state index contributed by atoms with van der Waals surface area (Å²) < 4.78 is 7.97. The first-order valence-corrected chi connectivity index (χ1v) is 12.2. The Labute approximate surface area is 211 Å². The van der Waals surface area contributed by atoms with Crippen LogP contribution in [0.4, 0.5) is 0 Å². The molecule has 2 amide bonds. The molecular weight excluding hydrogens is 456 g/mol. The number of hydrogen-bond donors (Lipinski definition) is 3. The van der Waals surface area contributed by atoms with E-state index in [2.05, 4.69) is 20.8 Å². The molecule has 9 nitrogen and oxygen atoms in total. The maximum atomic E-state index is 13.1. The van der Waals surface area contributed by atoms with E-state index in [4.69, 9.17) is 10.5 Å². The smallest absolute Gasteiger partial charge is 0.240 e. The zero-order valence-electron chi connectivity index (χ0n) is 21.0. The van der Waals surface area contributed by atoms with Crippen LogP contribution >= 0.6 is 0 Å². The lowest BCUT2D eigenvalue weighted by Crippen LogP contribution is -2.51. The molecule has 2 atom stereocenters. The summed E-state index contributed by atoms with van der Waals surface area (Å²) in [5, 5.41) is 14.7. The minimum Gasteiger partial charge on any atom is -0.374 e. The number of benzene rings is 2. The Balaban J connectivity index is 1.60. The molecule has 0 aliphatic carbocycles. The zero-order chi connectivity index (χ0) is 25.8. The van der Waals surface area contributed by atoms with Crippen molar-refractivity contribution >= 4 is 11.8 Å². The van der Waals surface area contributed by atoms with E-state index >= 15 is 0 Å². The molecular formula is C27H34N6O3. The predicted molar refractivity (Wildman–Crippen MR) is 136 cm³/mol. The highest BCUT2D eigenvalue weighted by atomic mass is 16.5. The molecule has 2 heterocycles. The van der Waals surface area contributed by atoms with Crippen LogP contribution in [0.5, 0.6) is 0 Å². The zero-order valence-corrected chi connectivity index (χ0v) is 21.0. The average molecular weight is 491 g/mol. The Morgan fingerprint density at radius 1 is 1.11 bits per heavy atom. The Kier molecular flexibility index (Phi) is 7.51. The molecule has 1 aromatic heterocycles. The molecule has 190 valence electrons. The summed E-state index contributed by atoms with van der Waals surface area (Å²) in [6, 6.07) is 19.1. The Bertz CT molecular complexity index is 1190. The van der Waals surface area contributed by atoms with Gasteiger partial charge in [-0.15, -0.1) is 10.2 Å². The van der Waals surface area contributed by atoms with Crippen molar-refractivity contribution in [2.75, 3.05) is 13.7 Å². The number of nitrogens with one attached hydrogen (secondary N) is 2. The number of fused-ring (bicyclic) bond motifs is 1. The van der Waals surface area contributed by atoms with Crippen LogP contribution in [0.25, 0.3) is 0 Å². The van der Waals surface area contributed by atoms with Crippen LogP contribution in [0.1, 0.15) is 49.1 Å². The van der Waals surface area contributed by atoms with Crippen LogP contribution in [0.2, 0.25) is 0 Å². The molecule has 1 aliphatic rings. The van der Waals surface area contributed by atoms with Gasteiger partial charge in [0.1, 0.15) is 11.9 Å². The summed E-state index contributed by atoms with van der Waals surface area (Å²) in [7, 11) is 1.65. The number of amides is 2. The van der Waals surface area contributed by atoms with Crippen molar-refractivity contribution in [1.82, 2.24) is 25.4 Å². The SMILES string of the molecule is CNC(=O)C1(c2ccccc2)CCn2c(nnc2[C@@H](COCc2ccccc2)NC(=O)C(C)(C)N)C1. The second kappa shape index (κ2) is 10.6. The standard InChI is InChI=1S/C27H34N6O3/c1-26(2,28)24(34)30-21(18-36-17-19-10-6-4-7-11-19)23-32-31-22-16-27(25(35)29-3,14-15-33(22)23)20-12-8-5-9-13-20/h4-13,21H,14-18,28H2,1-3H3,(H,29,35)(H,30,34)/t21-,27?/m1/s1. The number of hydrogen-bond acceptors (Lipinski definition) is 6. The molecule has 0 saturated carbocycles. The fraction of sp³-hybridized carbons (Fsp3) is 0.407. The van der Waals surface area contributed by atoms with Crippen molar-refractivity contribution in [3.05, 3.63) is 83.4 Å². The van der Waals surface area contributed by atoms with E-state index in [9.17, 15) is 9.59 Å². The van der Waals surface area contributed by atoms with Crippen molar-refractivity contribution in [3.8, 4) is 0 Å². The first-order chi connectivity index (χ1) is 17.2. The van der Waals surface area contributed by atoms with E-state index < -0.39 is 17.0 Å². The van der Waals surface area contributed by atoms with Gasteiger partial charge < -0.3 is 25.7 Å². The van der Waals surface area contributed by atoms with E-state index in [-0.39, 0.29) is 18.4 Å². The fourth-order valence-corrected chi connectivity index (χ4v) is 4.60. The number of carbonyl (C=O) groups excluding carboxylic acids is 2. The summed E-state index contributed by atoms with van der Waals surface area (Å²) in [6.07, 6.45) is 0.972. The van der Waals surface area contributed by atoms with Crippen LogP contribution in [-0.4, -0.2) is 45.8 Å². The molecule has 0 fully saturated rings. The van der Waals surface area contributed by atoms with E-state index in [0.29, 0.717) is 37.6 Å². The van der Waals surface area contributed by atoms with Gasteiger partial charge in [0, 0.05) is 20.0 Å². The molecule has 4 rings (SSSR count). The van der Waals surface area contributed by atoms with Crippen LogP contribution in [0, 0.1) is 0 Å². The number of nitrogens with two attached hydrogens (primary N) is 1. The predicted octanol–water partition coefficient (Wildman–Crippen LogP) is 2.02. The molecule has 2 aromatic carbocycles. The quantitative estimate of drug-likeness (QED) is 0.422. The van der Waals surface area contributed by atoms with Gasteiger partial charge in [0.15, 0.2) is 5.82 Å². The van der Waals surface area contributed by atoms with Gasteiger partial charge in [0.05, 0.1) is 24.2 Å². The van der Waals surface area contributed by atoms with Crippen molar-refractivity contribution in [2.45, 2.75) is 56.8 Å².